The Morgan fingerprint density at radius 1 is 1.54 bits per heavy atom. The average Bonchev–Trinajstić information content (AvgIpc) is 3.10. The Labute approximate surface area is 135 Å². The van der Waals surface area contributed by atoms with Gasteiger partial charge < -0.3 is 14.9 Å². The van der Waals surface area contributed by atoms with Crippen LogP contribution in [-0.2, 0) is 9.53 Å². The number of ether oxygens (including phenoxy) is 1. The van der Waals surface area contributed by atoms with E-state index >= 15 is 0 Å². The first-order valence-electron chi connectivity index (χ1n) is 7.51. The lowest BCUT2D eigenvalue weighted by Gasteiger charge is -2.14. The summed E-state index contributed by atoms with van der Waals surface area (Å²) < 4.78 is 6.67. The number of aliphatic hydroxyl groups is 2. The molecule has 2 aromatic rings. The van der Waals surface area contributed by atoms with Crippen LogP contribution in [-0.4, -0.2) is 59.9 Å². The number of anilines is 1. The number of carbonyl (C=O) groups is 1. The van der Waals surface area contributed by atoms with Crippen molar-refractivity contribution in [1.82, 2.24) is 25.0 Å². The zero-order valence-electron chi connectivity index (χ0n) is 13.1. The number of fused-ring (bicyclic) bond motifs is 1. The van der Waals surface area contributed by atoms with E-state index in [-0.39, 0.29) is 42.0 Å². The van der Waals surface area contributed by atoms with Crippen molar-refractivity contribution >= 4 is 23.0 Å². The van der Waals surface area contributed by atoms with Gasteiger partial charge in [-0.2, -0.15) is 9.67 Å². The molecule has 0 radical (unpaired) electrons. The molecular weight excluding hydrogens is 320 g/mol. The van der Waals surface area contributed by atoms with Gasteiger partial charge in [-0.1, -0.05) is 19.1 Å². The number of nitrogens with one attached hydrogen (secondary N) is 2. The molecule has 4 N–H and O–H groups in total. The molecule has 0 bridgehead atoms. The highest BCUT2D eigenvalue weighted by molar-refractivity contribution is 5.90. The topological polar surface area (TPSA) is 155 Å². The third kappa shape index (κ3) is 2.88. The summed E-state index contributed by atoms with van der Waals surface area (Å²) in [6.45, 7) is 3.16. The molecule has 0 unspecified atom stereocenters. The monoisotopic (exact) mass is 338 g/mol. The van der Waals surface area contributed by atoms with Crippen molar-refractivity contribution in [3.63, 3.8) is 0 Å². The summed E-state index contributed by atoms with van der Waals surface area (Å²) in [4.78, 5) is 30.4. The predicted octanol–water partition coefficient (Wildman–Crippen LogP) is -1.25. The molecule has 11 heteroatoms. The number of rotatable bonds is 4. The first-order valence-corrected chi connectivity index (χ1v) is 7.51. The summed E-state index contributed by atoms with van der Waals surface area (Å²) in [5.41, 5.74) is -0.544. The third-order valence-electron chi connectivity index (χ3n) is 3.71. The van der Waals surface area contributed by atoms with Crippen molar-refractivity contribution in [2.24, 2.45) is 5.92 Å². The Morgan fingerprint density at radius 3 is 2.92 bits per heavy atom. The van der Waals surface area contributed by atoms with Gasteiger partial charge in [-0.15, -0.1) is 5.10 Å². The molecular formula is C13H18N6O5. The largest absolute Gasteiger partial charge is 0.394 e. The number of aromatic nitrogens is 5. The number of aliphatic hydroxyl groups excluding tert-OH is 2. The Hall–Kier alpha value is -2.37. The maximum atomic E-state index is 12.1. The number of carbonyl (C=O) groups excluding carboxylic acids is 1. The Bertz CT molecular complexity index is 815. The van der Waals surface area contributed by atoms with E-state index in [0.29, 0.717) is 0 Å². The smallest absolute Gasteiger partial charge is 0.282 e. The van der Waals surface area contributed by atoms with E-state index in [1.807, 2.05) is 0 Å². The van der Waals surface area contributed by atoms with Crippen LogP contribution in [0.5, 0.6) is 0 Å². The van der Waals surface area contributed by atoms with E-state index in [1.165, 1.54) is 4.68 Å². The minimum atomic E-state index is -0.929. The molecule has 1 saturated heterocycles. The highest BCUT2D eigenvalue weighted by atomic mass is 16.5. The van der Waals surface area contributed by atoms with Gasteiger partial charge >= 0.3 is 0 Å². The normalized spacial score (nSPS) is 24.0. The van der Waals surface area contributed by atoms with Gasteiger partial charge in [-0.25, -0.2) is 0 Å². The molecule has 1 aliphatic heterocycles. The number of H-pyrrole nitrogens is 1. The van der Waals surface area contributed by atoms with Crippen molar-refractivity contribution < 1.29 is 19.7 Å². The number of amides is 1. The van der Waals surface area contributed by atoms with Crippen LogP contribution in [0.4, 0.5) is 5.95 Å². The van der Waals surface area contributed by atoms with Gasteiger partial charge in [-0.05, 0) is 0 Å². The lowest BCUT2D eigenvalue weighted by Crippen LogP contribution is -2.24. The molecule has 1 amide bonds. The van der Waals surface area contributed by atoms with Crippen LogP contribution < -0.4 is 10.9 Å². The van der Waals surface area contributed by atoms with E-state index in [1.54, 1.807) is 13.8 Å². The second-order valence-corrected chi connectivity index (χ2v) is 5.90. The highest BCUT2D eigenvalue weighted by Crippen LogP contribution is 2.29. The molecule has 11 nitrogen and oxygen atoms in total. The van der Waals surface area contributed by atoms with Gasteiger partial charge in [0.2, 0.25) is 11.9 Å². The SMILES string of the molecule is CC(C)C(=O)Nc1nc2c(nnn2[C@@H]2O[C@H](CO)C[C@@H]2O)c(=O)[nH]1. The van der Waals surface area contributed by atoms with Gasteiger partial charge in [0, 0.05) is 12.3 Å². The summed E-state index contributed by atoms with van der Waals surface area (Å²) in [5, 5.41) is 29.3. The van der Waals surface area contributed by atoms with Crippen molar-refractivity contribution in [3.05, 3.63) is 10.4 Å². The van der Waals surface area contributed by atoms with Crippen LogP contribution >= 0.6 is 0 Å². The van der Waals surface area contributed by atoms with E-state index in [2.05, 4.69) is 25.6 Å². The summed E-state index contributed by atoms with van der Waals surface area (Å²) in [5.74, 6) is -0.644. The molecule has 0 aliphatic carbocycles. The fraction of sp³-hybridized carbons (Fsp3) is 0.615. The maximum absolute atomic E-state index is 12.1. The fourth-order valence-corrected chi connectivity index (χ4v) is 2.40. The quantitative estimate of drug-likeness (QED) is 0.539. The lowest BCUT2D eigenvalue weighted by atomic mass is 10.2. The van der Waals surface area contributed by atoms with E-state index in [9.17, 15) is 14.7 Å². The van der Waals surface area contributed by atoms with E-state index in [0.717, 1.165) is 0 Å². The van der Waals surface area contributed by atoms with E-state index < -0.39 is 24.0 Å². The molecule has 24 heavy (non-hydrogen) atoms. The number of hydrogen-bond donors (Lipinski definition) is 4. The molecule has 3 atom stereocenters. The first kappa shape index (κ1) is 16.5. The van der Waals surface area contributed by atoms with Gasteiger partial charge in [0.05, 0.1) is 12.7 Å². The Morgan fingerprint density at radius 2 is 2.29 bits per heavy atom. The molecule has 2 aromatic heterocycles. The molecule has 0 aromatic carbocycles. The molecule has 0 saturated carbocycles. The van der Waals surface area contributed by atoms with Crippen LogP contribution in [0, 0.1) is 5.92 Å². The lowest BCUT2D eigenvalue weighted by molar-refractivity contribution is -0.118. The average molecular weight is 338 g/mol. The van der Waals surface area contributed by atoms with Gasteiger partial charge in [0.1, 0.15) is 6.10 Å². The molecule has 3 rings (SSSR count). The van der Waals surface area contributed by atoms with Crippen LogP contribution in [0.3, 0.4) is 0 Å². The minimum Gasteiger partial charge on any atom is -0.394 e. The standard InChI is InChI=1S/C13H18N6O5/c1-5(2)10(22)15-13-14-9-8(11(23)16-13)17-18-19(9)12-7(21)3-6(4-20)24-12/h5-7,12,20-21H,3-4H2,1-2H3,(H2,14,15,16,22,23)/t6-,7-,12+/m0/s1. The van der Waals surface area contributed by atoms with Crippen LogP contribution in [0.15, 0.2) is 4.79 Å². The van der Waals surface area contributed by atoms with Gasteiger partial charge in [0.15, 0.2) is 17.4 Å². The van der Waals surface area contributed by atoms with Crippen molar-refractivity contribution in [1.29, 1.82) is 0 Å². The number of aromatic amines is 1. The number of nitrogens with zero attached hydrogens (tertiary/aromatic N) is 4. The molecule has 3 heterocycles. The van der Waals surface area contributed by atoms with Gasteiger partial charge in [0.25, 0.3) is 5.56 Å². The molecule has 1 aliphatic rings. The Balaban J connectivity index is 2.00. The van der Waals surface area contributed by atoms with Gasteiger partial charge in [-0.3, -0.25) is 19.9 Å². The third-order valence-corrected chi connectivity index (χ3v) is 3.71. The minimum absolute atomic E-state index is 0.0408. The fourth-order valence-electron chi connectivity index (χ4n) is 2.40. The van der Waals surface area contributed by atoms with Crippen molar-refractivity contribution in [2.45, 2.75) is 38.7 Å². The zero-order valence-corrected chi connectivity index (χ0v) is 13.1. The first-order chi connectivity index (χ1) is 11.4. The Kier molecular flexibility index (Phi) is 4.30. The summed E-state index contributed by atoms with van der Waals surface area (Å²) in [7, 11) is 0. The van der Waals surface area contributed by atoms with Crippen molar-refractivity contribution in [2.75, 3.05) is 11.9 Å². The van der Waals surface area contributed by atoms with E-state index in [4.69, 9.17) is 9.84 Å². The predicted molar refractivity (Wildman–Crippen MR) is 81.0 cm³/mol. The highest BCUT2D eigenvalue weighted by Gasteiger charge is 2.37. The van der Waals surface area contributed by atoms with Crippen LogP contribution in [0.1, 0.15) is 26.5 Å². The summed E-state index contributed by atoms with van der Waals surface area (Å²) in [6.07, 6.45) is -2.16. The molecule has 0 spiro atoms. The zero-order chi connectivity index (χ0) is 17.4. The second kappa shape index (κ2) is 6.26. The molecule has 1 fully saturated rings. The van der Waals surface area contributed by atoms with Crippen LogP contribution in [0.2, 0.25) is 0 Å². The number of hydrogen-bond acceptors (Lipinski definition) is 8. The second-order valence-electron chi connectivity index (χ2n) is 5.90. The van der Waals surface area contributed by atoms with Crippen LogP contribution in [0.25, 0.3) is 11.2 Å². The summed E-state index contributed by atoms with van der Waals surface area (Å²) >= 11 is 0. The maximum Gasteiger partial charge on any atom is 0.282 e. The summed E-state index contributed by atoms with van der Waals surface area (Å²) in [6, 6.07) is 0. The molecule has 130 valence electrons. The van der Waals surface area contributed by atoms with Crippen molar-refractivity contribution in [3.8, 4) is 0 Å².